The van der Waals surface area contributed by atoms with Crippen LogP contribution in [-0.2, 0) is 25.9 Å². The smallest absolute Gasteiger partial charge is 0.399 e. The van der Waals surface area contributed by atoms with Crippen LogP contribution in [0.2, 0.25) is 0 Å². The Kier molecular flexibility index (Phi) is 5.01. The van der Waals surface area contributed by atoms with Crippen molar-refractivity contribution in [3.63, 3.8) is 0 Å². The highest BCUT2D eigenvalue weighted by atomic mass is 19.3. The first kappa shape index (κ1) is 21.0. The van der Waals surface area contributed by atoms with Gasteiger partial charge < -0.3 is 19.1 Å². The predicted molar refractivity (Wildman–Crippen MR) is 108 cm³/mol. The van der Waals surface area contributed by atoms with E-state index in [4.69, 9.17) is 13.8 Å². The fourth-order valence-corrected chi connectivity index (χ4v) is 3.42. The van der Waals surface area contributed by atoms with Crippen LogP contribution in [0.5, 0.6) is 0 Å². The molecule has 0 atom stereocenters. The predicted octanol–water partition coefficient (Wildman–Crippen LogP) is 3.45. The fraction of sp³-hybridized carbons (Fsp3) is 0.524. The second-order valence-corrected chi connectivity index (χ2v) is 9.09. The van der Waals surface area contributed by atoms with Crippen molar-refractivity contribution in [1.29, 1.82) is 0 Å². The van der Waals surface area contributed by atoms with E-state index in [9.17, 15) is 13.6 Å². The maximum Gasteiger partial charge on any atom is 0.494 e. The van der Waals surface area contributed by atoms with E-state index in [0.29, 0.717) is 12.8 Å². The lowest BCUT2D eigenvalue weighted by molar-refractivity contribution is -0.115. The van der Waals surface area contributed by atoms with Crippen molar-refractivity contribution in [1.82, 2.24) is 5.16 Å². The van der Waals surface area contributed by atoms with Crippen LogP contribution in [0.4, 0.5) is 14.6 Å². The summed E-state index contributed by atoms with van der Waals surface area (Å²) >= 11 is 0. The average molecular weight is 418 g/mol. The van der Waals surface area contributed by atoms with Gasteiger partial charge in [-0.3, -0.25) is 4.79 Å². The number of carbonyl (C=O) groups is 1. The van der Waals surface area contributed by atoms with Crippen LogP contribution < -0.4 is 10.8 Å². The molecule has 2 fully saturated rings. The normalized spacial score (nSPS) is 21.1. The number of halogens is 2. The van der Waals surface area contributed by atoms with E-state index in [0.717, 1.165) is 11.0 Å². The average Bonchev–Trinajstić information content (AvgIpc) is 3.29. The van der Waals surface area contributed by atoms with Crippen molar-refractivity contribution in [2.24, 2.45) is 0 Å². The maximum atomic E-state index is 13.2. The SMILES string of the molecule is CC1(C)OB(c2ccc(CC(=O)Nc3cc(C4(C(F)F)CC4)on3)cc2)OC1(C)C. The van der Waals surface area contributed by atoms with E-state index in [1.54, 1.807) is 0 Å². The number of nitrogens with zero attached hydrogens (tertiary/aromatic N) is 1. The summed E-state index contributed by atoms with van der Waals surface area (Å²) in [4.78, 5) is 12.3. The molecule has 2 aliphatic rings. The van der Waals surface area contributed by atoms with Crippen LogP contribution in [0.15, 0.2) is 34.9 Å². The van der Waals surface area contributed by atoms with Gasteiger partial charge in [-0.15, -0.1) is 0 Å². The summed E-state index contributed by atoms with van der Waals surface area (Å²) < 4.78 is 43.4. The number of hydrogen-bond donors (Lipinski definition) is 1. The van der Waals surface area contributed by atoms with Gasteiger partial charge in [-0.05, 0) is 51.6 Å². The molecule has 2 aromatic rings. The highest BCUT2D eigenvalue weighted by molar-refractivity contribution is 6.62. The summed E-state index contributed by atoms with van der Waals surface area (Å²) in [7, 11) is -0.462. The lowest BCUT2D eigenvalue weighted by atomic mass is 9.79. The van der Waals surface area contributed by atoms with Gasteiger partial charge in [0, 0.05) is 6.07 Å². The third kappa shape index (κ3) is 3.76. The molecule has 30 heavy (non-hydrogen) atoms. The Labute approximate surface area is 174 Å². The molecule has 0 unspecified atom stereocenters. The first-order valence-corrected chi connectivity index (χ1v) is 10.0. The molecular formula is C21H25BF2N2O4. The first-order valence-electron chi connectivity index (χ1n) is 10.0. The monoisotopic (exact) mass is 418 g/mol. The minimum absolute atomic E-state index is 0.117. The van der Waals surface area contributed by atoms with E-state index < -0.39 is 30.2 Å². The molecule has 1 aliphatic carbocycles. The number of carbonyl (C=O) groups excluding carboxylic acids is 1. The zero-order chi connectivity index (χ0) is 21.7. The van der Waals surface area contributed by atoms with Gasteiger partial charge in [0.1, 0.15) is 0 Å². The van der Waals surface area contributed by atoms with Gasteiger partial charge in [0.2, 0.25) is 5.91 Å². The van der Waals surface area contributed by atoms with Gasteiger partial charge in [0.15, 0.2) is 11.6 Å². The molecule has 1 saturated heterocycles. The van der Waals surface area contributed by atoms with Crippen LogP contribution in [0.3, 0.4) is 0 Å². The van der Waals surface area contributed by atoms with Crippen molar-refractivity contribution < 1.29 is 27.4 Å². The van der Waals surface area contributed by atoms with Crippen molar-refractivity contribution >= 4 is 24.3 Å². The van der Waals surface area contributed by atoms with Gasteiger partial charge in [-0.2, -0.15) is 0 Å². The Balaban J connectivity index is 1.35. The molecule has 160 valence electrons. The van der Waals surface area contributed by atoms with Crippen molar-refractivity contribution in [3.8, 4) is 0 Å². The van der Waals surface area contributed by atoms with Crippen LogP contribution >= 0.6 is 0 Å². The molecule has 0 radical (unpaired) electrons. The van der Waals surface area contributed by atoms with Crippen LogP contribution in [0.25, 0.3) is 0 Å². The Bertz CT molecular complexity index is 923. The van der Waals surface area contributed by atoms with Crippen molar-refractivity contribution in [3.05, 3.63) is 41.7 Å². The van der Waals surface area contributed by atoms with Crippen molar-refractivity contribution in [2.45, 2.75) is 70.0 Å². The lowest BCUT2D eigenvalue weighted by Crippen LogP contribution is -2.41. The zero-order valence-corrected chi connectivity index (χ0v) is 17.5. The minimum atomic E-state index is -2.50. The van der Waals surface area contributed by atoms with E-state index in [1.807, 2.05) is 52.0 Å². The molecule has 1 aliphatic heterocycles. The van der Waals surface area contributed by atoms with Crippen LogP contribution in [0, 0.1) is 0 Å². The molecular weight excluding hydrogens is 393 g/mol. The molecule has 1 aromatic carbocycles. The molecule has 6 nitrogen and oxygen atoms in total. The molecule has 1 aromatic heterocycles. The molecule has 2 heterocycles. The molecule has 0 spiro atoms. The Morgan fingerprint density at radius 2 is 1.73 bits per heavy atom. The van der Waals surface area contributed by atoms with Gasteiger partial charge in [-0.1, -0.05) is 29.4 Å². The van der Waals surface area contributed by atoms with E-state index in [1.165, 1.54) is 6.07 Å². The van der Waals surface area contributed by atoms with Gasteiger partial charge in [-0.25, -0.2) is 8.78 Å². The summed E-state index contributed by atoms with van der Waals surface area (Å²) in [5.74, 6) is -0.0320. The maximum absolute atomic E-state index is 13.2. The Morgan fingerprint density at radius 1 is 1.13 bits per heavy atom. The largest absolute Gasteiger partial charge is 0.494 e. The number of hydrogen-bond acceptors (Lipinski definition) is 5. The molecule has 1 amide bonds. The second-order valence-electron chi connectivity index (χ2n) is 9.09. The molecule has 0 bridgehead atoms. The summed E-state index contributed by atoms with van der Waals surface area (Å²) in [6, 6.07) is 8.81. The first-order chi connectivity index (χ1) is 14.0. The second kappa shape index (κ2) is 7.16. The Morgan fingerprint density at radius 3 is 2.27 bits per heavy atom. The van der Waals surface area contributed by atoms with Gasteiger partial charge in [0.25, 0.3) is 6.43 Å². The van der Waals surface area contributed by atoms with Crippen LogP contribution in [0.1, 0.15) is 51.9 Å². The topological polar surface area (TPSA) is 73.6 Å². The number of rotatable bonds is 6. The standard InChI is InChI=1S/C21H25BF2N2O4/c1-19(2)20(3,4)30-22(29-19)14-7-5-13(6-8-14)11-17(27)25-16-12-15(28-26-16)21(9-10-21)18(23)24/h5-8,12,18H,9-11H2,1-4H3,(H,25,26,27). The minimum Gasteiger partial charge on any atom is -0.399 e. The molecule has 4 rings (SSSR count). The molecule has 1 N–H and O–H groups in total. The summed E-state index contributed by atoms with van der Waals surface area (Å²) in [6.45, 7) is 7.97. The highest BCUT2D eigenvalue weighted by Crippen LogP contribution is 2.53. The number of amides is 1. The summed E-state index contributed by atoms with van der Waals surface area (Å²) in [6.07, 6.45) is -1.66. The number of anilines is 1. The Hall–Kier alpha value is -2.26. The van der Waals surface area contributed by atoms with Crippen molar-refractivity contribution in [2.75, 3.05) is 5.32 Å². The van der Waals surface area contributed by atoms with Gasteiger partial charge in [0.05, 0.1) is 23.0 Å². The number of nitrogens with one attached hydrogen (secondary N) is 1. The summed E-state index contributed by atoms with van der Waals surface area (Å²) in [5.41, 5.74) is -0.408. The fourth-order valence-electron chi connectivity index (χ4n) is 3.42. The third-order valence-corrected chi connectivity index (χ3v) is 6.34. The third-order valence-electron chi connectivity index (χ3n) is 6.34. The summed E-state index contributed by atoms with van der Waals surface area (Å²) in [5, 5.41) is 6.31. The zero-order valence-electron chi connectivity index (χ0n) is 17.5. The number of alkyl halides is 2. The van der Waals surface area contributed by atoms with E-state index in [-0.39, 0.29) is 23.9 Å². The van der Waals surface area contributed by atoms with Crippen LogP contribution in [-0.4, -0.2) is 35.8 Å². The van der Waals surface area contributed by atoms with Gasteiger partial charge >= 0.3 is 7.12 Å². The lowest BCUT2D eigenvalue weighted by Gasteiger charge is -2.32. The number of aromatic nitrogens is 1. The van der Waals surface area contributed by atoms with E-state index >= 15 is 0 Å². The highest BCUT2D eigenvalue weighted by Gasteiger charge is 2.56. The van der Waals surface area contributed by atoms with E-state index in [2.05, 4.69) is 10.5 Å². The quantitative estimate of drug-likeness (QED) is 0.728. The molecule has 9 heteroatoms. The molecule has 1 saturated carbocycles. The number of benzene rings is 1.